The largest absolute Gasteiger partial charge is 0.359 e. The van der Waals surface area contributed by atoms with Gasteiger partial charge in [0.15, 0.2) is 5.11 Å². The zero-order chi connectivity index (χ0) is 15.1. The van der Waals surface area contributed by atoms with Crippen LogP contribution >= 0.6 is 12.2 Å². The lowest BCUT2D eigenvalue weighted by molar-refractivity contribution is 0.743. The molecule has 4 heteroatoms. The number of rotatable bonds is 5. The van der Waals surface area contributed by atoms with E-state index in [1.807, 2.05) is 37.3 Å². The maximum absolute atomic E-state index is 5.37. The van der Waals surface area contributed by atoms with Crippen molar-refractivity contribution in [3.8, 4) is 0 Å². The predicted molar refractivity (Wildman–Crippen MR) is 91.1 cm³/mol. The van der Waals surface area contributed by atoms with E-state index in [0.717, 1.165) is 16.7 Å². The monoisotopic (exact) mass is 297 g/mol. The smallest absolute Gasteiger partial charge is 0.167 e. The number of hydrogen-bond donors (Lipinski definition) is 2. The van der Waals surface area contributed by atoms with Gasteiger partial charge < -0.3 is 10.6 Å². The molecule has 1 atom stereocenters. The SMILES string of the molecule is C=C(C)CNC(=S)N[C@@H](c1ccccc1)c1ccncc1. The van der Waals surface area contributed by atoms with Gasteiger partial charge in [0.05, 0.1) is 6.04 Å². The Morgan fingerprint density at radius 2 is 1.76 bits per heavy atom. The maximum atomic E-state index is 5.37. The average Bonchev–Trinajstić information content (AvgIpc) is 2.52. The van der Waals surface area contributed by atoms with Crippen LogP contribution in [0.3, 0.4) is 0 Å². The molecule has 0 saturated carbocycles. The van der Waals surface area contributed by atoms with Crippen molar-refractivity contribution in [1.82, 2.24) is 15.6 Å². The Hall–Kier alpha value is -2.20. The lowest BCUT2D eigenvalue weighted by atomic mass is 10.00. The van der Waals surface area contributed by atoms with Crippen LogP contribution in [-0.4, -0.2) is 16.6 Å². The molecule has 0 radical (unpaired) electrons. The minimum absolute atomic E-state index is 0.000628. The molecule has 0 aliphatic rings. The summed E-state index contributed by atoms with van der Waals surface area (Å²) >= 11 is 5.37. The number of aromatic nitrogens is 1. The molecular formula is C17H19N3S. The van der Waals surface area contributed by atoms with Crippen molar-refractivity contribution in [2.24, 2.45) is 0 Å². The van der Waals surface area contributed by atoms with Crippen LogP contribution in [0, 0.1) is 0 Å². The summed E-state index contributed by atoms with van der Waals surface area (Å²) < 4.78 is 0. The molecule has 0 aliphatic carbocycles. The number of nitrogens with zero attached hydrogens (tertiary/aromatic N) is 1. The van der Waals surface area contributed by atoms with Crippen molar-refractivity contribution in [2.75, 3.05) is 6.54 Å². The molecule has 21 heavy (non-hydrogen) atoms. The van der Waals surface area contributed by atoms with Crippen LogP contribution in [0.5, 0.6) is 0 Å². The summed E-state index contributed by atoms with van der Waals surface area (Å²) in [5.74, 6) is 0. The van der Waals surface area contributed by atoms with Gasteiger partial charge in [0.1, 0.15) is 0 Å². The second-order valence-corrected chi connectivity index (χ2v) is 5.32. The zero-order valence-corrected chi connectivity index (χ0v) is 12.9. The molecule has 2 rings (SSSR count). The number of thiocarbonyl (C=S) groups is 1. The predicted octanol–water partition coefficient (Wildman–Crippen LogP) is 3.21. The second kappa shape index (κ2) is 7.55. The summed E-state index contributed by atoms with van der Waals surface area (Å²) in [5.41, 5.74) is 3.32. The Morgan fingerprint density at radius 3 is 2.38 bits per heavy atom. The minimum Gasteiger partial charge on any atom is -0.359 e. The number of nitrogens with one attached hydrogen (secondary N) is 2. The highest BCUT2D eigenvalue weighted by molar-refractivity contribution is 7.80. The van der Waals surface area contributed by atoms with Crippen LogP contribution in [0.1, 0.15) is 24.1 Å². The fourth-order valence-corrected chi connectivity index (χ4v) is 2.16. The number of hydrogen-bond acceptors (Lipinski definition) is 2. The summed E-state index contributed by atoms with van der Waals surface area (Å²) in [6, 6.07) is 14.2. The standard InChI is InChI=1S/C17H19N3S/c1-13(2)12-19-17(21)20-16(14-6-4-3-5-7-14)15-8-10-18-11-9-15/h3-11,16H,1,12H2,2H3,(H2,19,20,21)/t16-/m0/s1. The van der Waals surface area contributed by atoms with Crippen LogP contribution in [0.25, 0.3) is 0 Å². The second-order valence-electron chi connectivity index (χ2n) is 4.91. The third-order valence-corrected chi connectivity index (χ3v) is 3.26. The van der Waals surface area contributed by atoms with Crippen LogP contribution in [-0.2, 0) is 0 Å². The van der Waals surface area contributed by atoms with Crippen molar-refractivity contribution in [3.63, 3.8) is 0 Å². The van der Waals surface area contributed by atoms with Crippen LogP contribution in [0.2, 0.25) is 0 Å². The molecule has 0 amide bonds. The van der Waals surface area contributed by atoms with E-state index in [4.69, 9.17) is 12.2 Å². The van der Waals surface area contributed by atoms with E-state index in [1.54, 1.807) is 12.4 Å². The van der Waals surface area contributed by atoms with Gasteiger partial charge in [-0.2, -0.15) is 0 Å². The molecule has 2 N–H and O–H groups in total. The summed E-state index contributed by atoms with van der Waals surface area (Å²) in [6.07, 6.45) is 3.58. The number of pyridine rings is 1. The molecule has 0 aliphatic heterocycles. The lowest BCUT2D eigenvalue weighted by Gasteiger charge is -2.22. The molecule has 0 unspecified atom stereocenters. The van der Waals surface area contributed by atoms with Gasteiger partial charge in [-0.15, -0.1) is 0 Å². The van der Waals surface area contributed by atoms with Gasteiger partial charge in [0.2, 0.25) is 0 Å². The van der Waals surface area contributed by atoms with Crippen molar-refractivity contribution in [3.05, 3.63) is 78.1 Å². The van der Waals surface area contributed by atoms with Gasteiger partial charge in [-0.3, -0.25) is 4.98 Å². The summed E-state index contributed by atoms with van der Waals surface area (Å²) in [6.45, 7) is 6.50. The highest BCUT2D eigenvalue weighted by Crippen LogP contribution is 2.21. The Kier molecular flexibility index (Phi) is 5.46. The Balaban J connectivity index is 2.17. The van der Waals surface area contributed by atoms with E-state index in [9.17, 15) is 0 Å². The Morgan fingerprint density at radius 1 is 1.14 bits per heavy atom. The van der Waals surface area contributed by atoms with E-state index in [-0.39, 0.29) is 6.04 Å². The molecule has 1 heterocycles. The Labute approximate surface area is 131 Å². The van der Waals surface area contributed by atoms with Gasteiger partial charge in [0, 0.05) is 18.9 Å². The summed E-state index contributed by atoms with van der Waals surface area (Å²) in [4.78, 5) is 4.07. The third kappa shape index (κ3) is 4.68. The van der Waals surface area contributed by atoms with Crippen LogP contribution in [0.4, 0.5) is 0 Å². The van der Waals surface area contributed by atoms with Crippen LogP contribution < -0.4 is 10.6 Å². The highest BCUT2D eigenvalue weighted by Gasteiger charge is 2.14. The highest BCUT2D eigenvalue weighted by atomic mass is 32.1. The van der Waals surface area contributed by atoms with Gasteiger partial charge in [-0.1, -0.05) is 42.5 Å². The molecule has 3 nitrogen and oxygen atoms in total. The van der Waals surface area contributed by atoms with Crippen LogP contribution in [0.15, 0.2) is 67.0 Å². The fourth-order valence-electron chi connectivity index (χ4n) is 1.97. The Bertz CT molecular complexity index is 556. The molecule has 0 fully saturated rings. The third-order valence-electron chi connectivity index (χ3n) is 3.00. The van der Waals surface area contributed by atoms with Gasteiger partial charge in [0.25, 0.3) is 0 Å². The normalized spacial score (nSPS) is 11.5. The van der Waals surface area contributed by atoms with E-state index in [0.29, 0.717) is 11.7 Å². The molecule has 0 spiro atoms. The maximum Gasteiger partial charge on any atom is 0.167 e. The molecular weight excluding hydrogens is 278 g/mol. The van der Waals surface area contributed by atoms with Crippen molar-refractivity contribution in [2.45, 2.75) is 13.0 Å². The lowest BCUT2D eigenvalue weighted by Crippen LogP contribution is -2.38. The molecule has 1 aromatic carbocycles. The average molecular weight is 297 g/mol. The van der Waals surface area contributed by atoms with E-state index in [2.05, 4.69) is 34.3 Å². The quantitative estimate of drug-likeness (QED) is 0.656. The fraction of sp³-hybridized carbons (Fsp3) is 0.176. The van der Waals surface area contributed by atoms with E-state index >= 15 is 0 Å². The first-order chi connectivity index (χ1) is 10.2. The first kappa shape index (κ1) is 15.2. The van der Waals surface area contributed by atoms with Gasteiger partial charge in [-0.25, -0.2) is 0 Å². The molecule has 0 saturated heterocycles. The summed E-state index contributed by atoms with van der Waals surface area (Å²) in [5, 5.41) is 7.13. The first-order valence-electron chi connectivity index (χ1n) is 6.80. The summed E-state index contributed by atoms with van der Waals surface area (Å²) in [7, 11) is 0. The molecule has 108 valence electrons. The van der Waals surface area contributed by atoms with Gasteiger partial charge in [-0.05, 0) is 42.4 Å². The zero-order valence-electron chi connectivity index (χ0n) is 12.0. The number of benzene rings is 1. The van der Waals surface area contributed by atoms with E-state index in [1.165, 1.54) is 0 Å². The first-order valence-corrected chi connectivity index (χ1v) is 7.21. The molecule has 0 bridgehead atoms. The molecule has 2 aromatic rings. The minimum atomic E-state index is -0.000628. The van der Waals surface area contributed by atoms with Crippen molar-refractivity contribution >= 4 is 17.3 Å². The molecule has 1 aromatic heterocycles. The topological polar surface area (TPSA) is 37.0 Å². The van der Waals surface area contributed by atoms with Crippen molar-refractivity contribution < 1.29 is 0 Å². The van der Waals surface area contributed by atoms with E-state index < -0.39 is 0 Å². The van der Waals surface area contributed by atoms with Gasteiger partial charge >= 0.3 is 0 Å². The van der Waals surface area contributed by atoms with Crippen molar-refractivity contribution in [1.29, 1.82) is 0 Å².